The second-order valence-corrected chi connectivity index (χ2v) is 3.78. The van der Waals surface area contributed by atoms with Gasteiger partial charge in [0, 0.05) is 5.92 Å². The summed E-state index contributed by atoms with van der Waals surface area (Å²) in [6.45, 7) is 10.5. The maximum absolute atomic E-state index is 3.81. The molecule has 0 fully saturated rings. The van der Waals surface area contributed by atoms with Crippen molar-refractivity contribution in [1.82, 2.24) is 0 Å². The molecule has 0 saturated carbocycles. The van der Waals surface area contributed by atoms with Gasteiger partial charge in [0.15, 0.2) is 0 Å². The highest BCUT2D eigenvalue weighted by molar-refractivity contribution is 5.52. The van der Waals surface area contributed by atoms with E-state index in [-0.39, 0.29) is 0 Å². The van der Waals surface area contributed by atoms with Gasteiger partial charge < -0.3 is 0 Å². The van der Waals surface area contributed by atoms with Gasteiger partial charge in [-0.25, -0.2) is 0 Å². The first kappa shape index (κ1) is 12.0. The number of hydrogen-bond donors (Lipinski definition) is 0. The first-order chi connectivity index (χ1) is 7.26. The Kier molecular flexibility index (Phi) is 4.61. The molecule has 0 spiro atoms. The van der Waals surface area contributed by atoms with Gasteiger partial charge in [-0.2, -0.15) is 0 Å². The summed E-state index contributed by atoms with van der Waals surface area (Å²) in [5.41, 5.74) is 4.13. The third-order valence-electron chi connectivity index (χ3n) is 2.98. The Morgan fingerprint density at radius 3 is 2.33 bits per heavy atom. The Hall–Kier alpha value is -1.04. The Morgan fingerprint density at radius 2 is 1.87 bits per heavy atom. The SMILES string of the molecule is C=Cc1ccc([C](CC)CC)c(CC)c1. The van der Waals surface area contributed by atoms with E-state index in [9.17, 15) is 0 Å². The molecule has 1 radical (unpaired) electrons. The molecule has 0 nitrogen and oxygen atoms in total. The summed E-state index contributed by atoms with van der Waals surface area (Å²) < 4.78 is 0. The Bertz CT molecular complexity index is 319. The molecule has 15 heavy (non-hydrogen) atoms. The van der Waals surface area contributed by atoms with Crippen LogP contribution in [0.3, 0.4) is 0 Å². The fraction of sp³-hybridized carbons (Fsp3) is 0.400. The lowest BCUT2D eigenvalue weighted by molar-refractivity contribution is 0.838. The first-order valence-electron chi connectivity index (χ1n) is 5.87. The van der Waals surface area contributed by atoms with Crippen LogP contribution in [0.1, 0.15) is 50.3 Å². The third kappa shape index (κ3) is 2.71. The summed E-state index contributed by atoms with van der Waals surface area (Å²) in [7, 11) is 0. The minimum Gasteiger partial charge on any atom is -0.0985 e. The van der Waals surface area contributed by atoms with Crippen LogP contribution in [0.4, 0.5) is 0 Å². The summed E-state index contributed by atoms with van der Waals surface area (Å²) in [6, 6.07) is 6.67. The molecule has 0 aliphatic rings. The van der Waals surface area contributed by atoms with Crippen LogP contribution < -0.4 is 0 Å². The number of benzene rings is 1. The molecule has 0 heterocycles. The lowest BCUT2D eigenvalue weighted by atomic mass is 9.88. The van der Waals surface area contributed by atoms with Crippen LogP contribution in [0.2, 0.25) is 0 Å². The van der Waals surface area contributed by atoms with Gasteiger partial charge in [-0.15, -0.1) is 0 Å². The van der Waals surface area contributed by atoms with Crippen LogP contribution in [0.15, 0.2) is 24.8 Å². The predicted molar refractivity (Wildman–Crippen MR) is 68.8 cm³/mol. The standard InChI is InChI=1S/C15H21/c1-5-12-9-10-15(13(6-2)7-3)14(8-4)11-12/h5,9-11H,1,6-8H2,2-4H3. The van der Waals surface area contributed by atoms with Crippen LogP contribution in [0.25, 0.3) is 6.08 Å². The van der Waals surface area contributed by atoms with E-state index >= 15 is 0 Å². The van der Waals surface area contributed by atoms with Gasteiger partial charge in [0.05, 0.1) is 0 Å². The molecule has 1 aromatic carbocycles. The van der Waals surface area contributed by atoms with E-state index in [0.29, 0.717) is 0 Å². The lowest BCUT2D eigenvalue weighted by Crippen LogP contribution is -2.01. The summed E-state index contributed by atoms with van der Waals surface area (Å²) in [5.74, 6) is 1.56. The molecule has 81 valence electrons. The molecular formula is C15H21. The maximum atomic E-state index is 3.81. The largest absolute Gasteiger partial charge is 0.0985 e. The quantitative estimate of drug-likeness (QED) is 0.651. The average molecular weight is 201 g/mol. The fourth-order valence-corrected chi connectivity index (χ4v) is 2.01. The van der Waals surface area contributed by atoms with E-state index in [2.05, 4.69) is 45.5 Å². The molecule has 0 aliphatic carbocycles. The predicted octanol–water partition coefficient (Wildman–Crippen LogP) is 4.63. The first-order valence-corrected chi connectivity index (χ1v) is 5.87. The highest BCUT2D eigenvalue weighted by Gasteiger charge is 2.11. The lowest BCUT2D eigenvalue weighted by Gasteiger charge is -2.16. The minimum absolute atomic E-state index is 1.10. The highest BCUT2D eigenvalue weighted by atomic mass is 14.2. The second-order valence-electron chi connectivity index (χ2n) is 3.78. The molecule has 0 aliphatic heterocycles. The summed E-state index contributed by atoms with van der Waals surface area (Å²) in [4.78, 5) is 0. The van der Waals surface area contributed by atoms with Crippen molar-refractivity contribution in [3.63, 3.8) is 0 Å². The Labute approximate surface area is 94.0 Å². The highest BCUT2D eigenvalue weighted by Crippen LogP contribution is 2.26. The van der Waals surface area contributed by atoms with E-state index in [0.717, 1.165) is 19.3 Å². The molecule has 0 unspecified atom stereocenters. The van der Waals surface area contributed by atoms with Crippen molar-refractivity contribution in [3.8, 4) is 0 Å². The average Bonchev–Trinajstić information content (AvgIpc) is 2.31. The zero-order valence-corrected chi connectivity index (χ0v) is 10.1. The smallest absolute Gasteiger partial charge is 0.00472 e. The van der Waals surface area contributed by atoms with E-state index in [1.807, 2.05) is 6.08 Å². The van der Waals surface area contributed by atoms with Gasteiger partial charge in [-0.3, -0.25) is 0 Å². The van der Waals surface area contributed by atoms with Crippen molar-refractivity contribution >= 4 is 6.08 Å². The molecule has 0 atom stereocenters. The van der Waals surface area contributed by atoms with Crippen LogP contribution in [0.5, 0.6) is 0 Å². The van der Waals surface area contributed by atoms with E-state index in [4.69, 9.17) is 0 Å². The molecule has 0 aromatic heterocycles. The van der Waals surface area contributed by atoms with Gasteiger partial charge in [0.25, 0.3) is 0 Å². The van der Waals surface area contributed by atoms with Gasteiger partial charge >= 0.3 is 0 Å². The monoisotopic (exact) mass is 201 g/mol. The zero-order chi connectivity index (χ0) is 11.3. The normalized spacial score (nSPS) is 10.7. The molecule has 0 N–H and O–H groups in total. The van der Waals surface area contributed by atoms with E-state index in [1.165, 1.54) is 16.7 Å². The topological polar surface area (TPSA) is 0 Å². The van der Waals surface area contributed by atoms with Crippen LogP contribution in [-0.4, -0.2) is 0 Å². The van der Waals surface area contributed by atoms with Crippen LogP contribution in [-0.2, 0) is 6.42 Å². The van der Waals surface area contributed by atoms with Gasteiger partial charge in [0.1, 0.15) is 0 Å². The second kappa shape index (κ2) is 5.75. The fourth-order valence-electron chi connectivity index (χ4n) is 2.01. The molecule has 0 amide bonds. The number of hydrogen-bond acceptors (Lipinski definition) is 0. The molecule has 1 aromatic rings. The summed E-state index contributed by atoms with van der Waals surface area (Å²) >= 11 is 0. The third-order valence-corrected chi connectivity index (χ3v) is 2.98. The van der Waals surface area contributed by atoms with E-state index < -0.39 is 0 Å². The van der Waals surface area contributed by atoms with Gasteiger partial charge in [0.2, 0.25) is 0 Å². The molecular weight excluding hydrogens is 180 g/mol. The van der Waals surface area contributed by atoms with Crippen LogP contribution >= 0.6 is 0 Å². The van der Waals surface area contributed by atoms with Crippen LogP contribution in [0, 0.1) is 5.92 Å². The van der Waals surface area contributed by atoms with Crippen molar-refractivity contribution < 1.29 is 0 Å². The van der Waals surface area contributed by atoms with Crippen molar-refractivity contribution in [3.05, 3.63) is 47.4 Å². The molecule has 0 bridgehead atoms. The minimum atomic E-state index is 1.10. The van der Waals surface area contributed by atoms with E-state index in [1.54, 1.807) is 5.92 Å². The van der Waals surface area contributed by atoms with Gasteiger partial charge in [-0.05, 0) is 36.0 Å². The van der Waals surface area contributed by atoms with Gasteiger partial charge in [-0.1, -0.05) is 51.6 Å². The summed E-state index contributed by atoms with van der Waals surface area (Å²) in [6.07, 6.45) is 5.31. The van der Waals surface area contributed by atoms with Crippen molar-refractivity contribution in [2.45, 2.75) is 40.0 Å². The molecule has 1 rings (SSSR count). The van der Waals surface area contributed by atoms with Crippen molar-refractivity contribution in [2.75, 3.05) is 0 Å². The number of aryl methyl sites for hydroxylation is 1. The van der Waals surface area contributed by atoms with Crippen molar-refractivity contribution in [2.24, 2.45) is 0 Å². The number of rotatable bonds is 5. The molecule has 0 heteroatoms. The Balaban J connectivity index is 3.11. The summed E-state index contributed by atoms with van der Waals surface area (Å²) in [5, 5.41) is 0. The van der Waals surface area contributed by atoms with Crippen molar-refractivity contribution in [1.29, 1.82) is 0 Å². The Morgan fingerprint density at radius 1 is 1.20 bits per heavy atom. The maximum Gasteiger partial charge on any atom is 0.00472 e. The zero-order valence-electron chi connectivity index (χ0n) is 10.1. The molecule has 0 saturated heterocycles.